The van der Waals surface area contributed by atoms with E-state index in [2.05, 4.69) is 5.32 Å². The van der Waals surface area contributed by atoms with E-state index in [1.165, 1.54) is 12.1 Å². The Morgan fingerprint density at radius 3 is 2.52 bits per heavy atom. The summed E-state index contributed by atoms with van der Waals surface area (Å²) in [6.07, 6.45) is 0. The zero-order chi connectivity index (χ0) is 15.4. The summed E-state index contributed by atoms with van der Waals surface area (Å²) in [5, 5.41) is 12.0. The van der Waals surface area contributed by atoms with Gasteiger partial charge in [-0.2, -0.15) is 5.26 Å². The summed E-state index contributed by atoms with van der Waals surface area (Å²) < 4.78 is 0. The molecule has 1 amide bonds. The van der Waals surface area contributed by atoms with Crippen LogP contribution in [0.5, 0.6) is 0 Å². The topological polar surface area (TPSA) is 78.9 Å². The highest BCUT2D eigenvalue weighted by atomic mass is 35.5. The first-order valence-electron chi connectivity index (χ1n) is 6.03. The number of carbonyl (C=O) groups is 1. The molecule has 0 unspecified atom stereocenters. The van der Waals surface area contributed by atoms with Crippen molar-refractivity contribution in [2.45, 2.75) is 6.54 Å². The number of nitrogens with two attached hydrogens (primary N) is 1. The average Bonchev–Trinajstić information content (AvgIpc) is 2.50. The van der Waals surface area contributed by atoms with Crippen molar-refractivity contribution in [2.24, 2.45) is 0 Å². The van der Waals surface area contributed by atoms with Crippen molar-refractivity contribution in [1.82, 2.24) is 5.32 Å². The molecule has 3 N–H and O–H groups in total. The Labute approximate surface area is 132 Å². The van der Waals surface area contributed by atoms with Crippen LogP contribution in [0.4, 0.5) is 5.69 Å². The third-order valence-corrected chi connectivity index (χ3v) is 3.48. The van der Waals surface area contributed by atoms with Gasteiger partial charge >= 0.3 is 0 Å². The molecule has 0 bridgehead atoms. The van der Waals surface area contributed by atoms with Crippen LogP contribution in [0.25, 0.3) is 0 Å². The summed E-state index contributed by atoms with van der Waals surface area (Å²) in [7, 11) is 0. The molecule has 0 aliphatic carbocycles. The number of anilines is 1. The quantitative estimate of drug-likeness (QED) is 0.851. The van der Waals surface area contributed by atoms with Crippen molar-refractivity contribution < 1.29 is 4.79 Å². The fourth-order valence-corrected chi connectivity index (χ4v) is 2.24. The zero-order valence-electron chi connectivity index (χ0n) is 10.9. The maximum absolute atomic E-state index is 12.1. The van der Waals surface area contributed by atoms with E-state index in [1.807, 2.05) is 12.1 Å². The standard InChI is InChI=1S/C15H11Cl2N3O/c16-12-5-11(6-13(17)14(12)19)15(21)20-8-10-3-1-2-9(4-10)7-18/h1-6H,8,19H2,(H,20,21). The SMILES string of the molecule is N#Cc1cccc(CNC(=O)c2cc(Cl)c(N)c(Cl)c2)c1. The predicted molar refractivity (Wildman–Crippen MR) is 83.2 cm³/mol. The average molecular weight is 320 g/mol. The summed E-state index contributed by atoms with van der Waals surface area (Å²) in [5.41, 5.74) is 7.57. The molecule has 2 aromatic carbocycles. The minimum atomic E-state index is -0.318. The van der Waals surface area contributed by atoms with Crippen LogP contribution in [-0.2, 0) is 6.54 Å². The van der Waals surface area contributed by atoms with Gasteiger partial charge in [0.2, 0.25) is 0 Å². The van der Waals surface area contributed by atoms with Gasteiger partial charge in [0.05, 0.1) is 27.4 Å². The van der Waals surface area contributed by atoms with Crippen LogP contribution in [0.15, 0.2) is 36.4 Å². The summed E-state index contributed by atoms with van der Waals surface area (Å²) in [4.78, 5) is 12.1. The highest BCUT2D eigenvalue weighted by molar-refractivity contribution is 6.39. The predicted octanol–water partition coefficient (Wildman–Crippen LogP) is 3.38. The number of hydrogen-bond acceptors (Lipinski definition) is 3. The molecule has 0 aliphatic heterocycles. The zero-order valence-corrected chi connectivity index (χ0v) is 12.4. The lowest BCUT2D eigenvalue weighted by Crippen LogP contribution is -2.22. The van der Waals surface area contributed by atoms with Crippen molar-refractivity contribution in [3.05, 3.63) is 63.1 Å². The summed E-state index contributed by atoms with van der Waals surface area (Å²) in [6, 6.07) is 12.0. The number of benzene rings is 2. The molecule has 0 fully saturated rings. The monoisotopic (exact) mass is 319 g/mol. The van der Waals surface area contributed by atoms with Crippen LogP contribution in [0, 0.1) is 11.3 Å². The van der Waals surface area contributed by atoms with Gasteiger partial charge in [0.1, 0.15) is 0 Å². The van der Waals surface area contributed by atoms with E-state index in [9.17, 15) is 4.79 Å². The molecule has 2 aromatic rings. The van der Waals surface area contributed by atoms with Crippen molar-refractivity contribution in [3.8, 4) is 6.07 Å². The lowest BCUT2D eigenvalue weighted by molar-refractivity contribution is 0.0951. The second-order valence-corrected chi connectivity index (χ2v) is 5.16. The first-order valence-corrected chi connectivity index (χ1v) is 6.78. The number of nitriles is 1. The molecule has 0 aromatic heterocycles. The number of hydrogen-bond donors (Lipinski definition) is 2. The molecular weight excluding hydrogens is 309 g/mol. The van der Waals surface area contributed by atoms with Crippen LogP contribution in [0.2, 0.25) is 10.0 Å². The highest BCUT2D eigenvalue weighted by Gasteiger charge is 2.11. The van der Waals surface area contributed by atoms with Gasteiger partial charge in [-0.25, -0.2) is 0 Å². The van der Waals surface area contributed by atoms with Gasteiger partial charge in [-0.3, -0.25) is 4.79 Å². The normalized spacial score (nSPS) is 9.95. The number of amides is 1. The van der Waals surface area contributed by atoms with Crippen molar-refractivity contribution in [1.29, 1.82) is 5.26 Å². The van der Waals surface area contributed by atoms with E-state index in [0.717, 1.165) is 5.56 Å². The smallest absolute Gasteiger partial charge is 0.251 e. The molecule has 0 saturated carbocycles. The molecule has 0 saturated heterocycles. The fourth-order valence-electron chi connectivity index (χ4n) is 1.75. The van der Waals surface area contributed by atoms with Crippen molar-refractivity contribution >= 4 is 34.8 Å². The van der Waals surface area contributed by atoms with E-state index >= 15 is 0 Å². The fraction of sp³-hybridized carbons (Fsp3) is 0.0667. The van der Waals surface area contributed by atoms with Crippen LogP contribution in [-0.4, -0.2) is 5.91 Å². The third-order valence-electron chi connectivity index (χ3n) is 2.85. The molecule has 6 heteroatoms. The first-order chi connectivity index (χ1) is 10.0. The molecule has 0 spiro atoms. The van der Waals surface area contributed by atoms with Gasteiger partial charge < -0.3 is 11.1 Å². The Kier molecular flexibility index (Phi) is 4.69. The van der Waals surface area contributed by atoms with E-state index in [4.69, 9.17) is 34.2 Å². The van der Waals surface area contributed by atoms with Gasteiger partial charge in [-0.1, -0.05) is 35.3 Å². The summed E-state index contributed by atoms with van der Waals surface area (Å²) >= 11 is 11.8. The van der Waals surface area contributed by atoms with Gasteiger partial charge in [-0.05, 0) is 29.8 Å². The number of halogens is 2. The molecular formula is C15H11Cl2N3O. The van der Waals surface area contributed by atoms with Crippen LogP contribution < -0.4 is 11.1 Å². The first kappa shape index (κ1) is 15.2. The van der Waals surface area contributed by atoms with Crippen molar-refractivity contribution in [3.63, 3.8) is 0 Å². The molecule has 0 radical (unpaired) electrons. The second kappa shape index (κ2) is 6.49. The van der Waals surface area contributed by atoms with Crippen LogP contribution >= 0.6 is 23.2 Å². The summed E-state index contributed by atoms with van der Waals surface area (Å²) in [6.45, 7) is 0.300. The third kappa shape index (κ3) is 3.66. The van der Waals surface area contributed by atoms with Crippen LogP contribution in [0.3, 0.4) is 0 Å². The number of carbonyl (C=O) groups excluding carboxylic acids is 1. The Morgan fingerprint density at radius 1 is 1.24 bits per heavy atom. The molecule has 0 aliphatic rings. The van der Waals surface area contributed by atoms with Crippen LogP contribution in [0.1, 0.15) is 21.5 Å². The lowest BCUT2D eigenvalue weighted by Gasteiger charge is -2.08. The van der Waals surface area contributed by atoms with Gasteiger partial charge in [0.25, 0.3) is 5.91 Å². The van der Waals surface area contributed by atoms with Gasteiger partial charge in [-0.15, -0.1) is 0 Å². The number of nitrogens with one attached hydrogen (secondary N) is 1. The molecule has 21 heavy (non-hydrogen) atoms. The second-order valence-electron chi connectivity index (χ2n) is 4.35. The Bertz CT molecular complexity index is 715. The Hall–Kier alpha value is -2.22. The van der Waals surface area contributed by atoms with Crippen molar-refractivity contribution in [2.75, 3.05) is 5.73 Å². The molecule has 0 heterocycles. The van der Waals surface area contributed by atoms with Gasteiger partial charge in [0.15, 0.2) is 0 Å². The minimum absolute atomic E-state index is 0.235. The lowest BCUT2D eigenvalue weighted by atomic mass is 10.1. The maximum atomic E-state index is 12.1. The minimum Gasteiger partial charge on any atom is -0.396 e. The molecule has 0 atom stereocenters. The van der Waals surface area contributed by atoms with Gasteiger partial charge in [0, 0.05) is 12.1 Å². The maximum Gasteiger partial charge on any atom is 0.251 e. The number of rotatable bonds is 3. The number of nitrogen functional groups attached to an aromatic ring is 1. The Balaban J connectivity index is 2.10. The highest BCUT2D eigenvalue weighted by Crippen LogP contribution is 2.28. The molecule has 2 rings (SSSR count). The summed E-state index contributed by atoms with van der Waals surface area (Å²) in [5.74, 6) is -0.318. The van der Waals surface area contributed by atoms with E-state index in [0.29, 0.717) is 17.7 Å². The molecule has 106 valence electrons. The molecule has 4 nitrogen and oxygen atoms in total. The number of nitrogens with zero attached hydrogens (tertiary/aromatic N) is 1. The van der Waals surface area contributed by atoms with E-state index in [1.54, 1.807) is 18.2 Å². The van der Waals surface area contributed by atoms with E-state index in [-0.39, 0.29) is 21.6 Å². The largest absolute Gasteiger partial charge is 0.396 e. The Morgan fingerprint density at radius 2 is 1.90 bits per heavy atom. The van der Waals surface area contributed by atoms with E-state index < -0.39 is 0 Å².